The standard InChI is InChI=1S/C12H18ClN3/c1-10-9-16(6-5-15(10)2)12-7-11(8-13)3-4-14-12/h3-4,7,10H,5-6,8-9H2,1-2H3. The van der Waals surface area contributed by atoms with Gasteiger partial charge in [0.25, 0.3) is 0 Å². The van der Waals surface area contributed by atoms with Crippen molar-refractivity contribution < 1.29 is 0 Å². The van der Waals surface area contributed by atoms with E-state index in [1.165, 1.54) is 0 Å². The first-order valence-corrected chi connectivity index (χ1v) is 6.20. The van der Waals surface area contributed by atoms with Gasteiger partial charge in [0.2, 0.25) is 0 Å². The summed E-state index contributed by atoms with van der Waals surface area (Å²) in [5.74, 6) is 1.61. The van der Waals surface area contributed by atoms with Crippen molar-refractivity contribution in [3.05, 3.63) is 23.9 Å². The smallest absolute Gasteiger partial charge is 0.128 e. The Morgan fingerprint density at radius 1 is 1.50 bits per heavy atom. The highest BCUT2D eigenvalue weighted by molar-refractivity contribution is 6.17. The Kier molecular flexibility index (Phi) is 3.66. The zero-order chi connectivity index (χ0) is 11.5. The summed E-state index contributed by atoms with van der Waals surface area (Å²) in [5.41, 5.74) is 1.14. The molecule has 3 nitrogen and oxygen atoms in total. The number of hydrogen-bond donors (Lipinski definition) is 0. The van der Waals surface area contributed by atoms with Gasteiger partial charge in [-0.3, -0.25) is 0 Å². The Bertz CT molecular complexity index is 356. The van der Waals surface area contributed by atoms with Crippen LogP contribution in [0.1, 0.15) is 12.5 Å². The van der Waals surface area contributed by atoms with Gasteiger partial charge in [-0.25, -0.2) is 4.98 Å². The number of nitrogens with zero attached hydrogens (tertiary/aromatic N) is 3. The van der Waals surface area contributed by atoms with Gasteiger partial charge in [0, 0.05) is 37.8 Å². The topological polar surface area (TPSA) is 19.4 Å². The molecule has 0 N–H and O–H groups in total. The van der Waals surface area contributed by atoms with E-state index in [0.29, 0.717) is 11.9 Å². The van der Waals surface area contributed by atoms with E-state index in [0.717, 1.165) is 31.0 Å². The molecule has 0 aromatic carbocycles. The molecule has 1 aromatic rings. The van der Waals surface area contributed by atoms with Gasteiger partial charge < -0.3 is 9.80 Å². The van der Waals surface area contributed by atoms with Gasteiger partial charge in [-0.1, -0.05) is 0 Å². The highest BCUT2D eigenvalue weighted by Gasteiger charge is 2.21. The lowest BCUT2D eigenvalue weighted by Gasteiger charge is -2.38. The molecule has 0 amide bonds. The first kappa shape index (κ1) is 11.7. The van der Waals surface area contributed by atoms with Gasteiger partial charge in [-0.2, -0.15) is 0 Å². The minimum atomic E-state index is 0.554. The summed E-state index contributed by atoms with van der Waals surface area (Å²) in [6.45, 7) is 5.42. The Hall–Kier alpha value is -0.800. The lowest BCUT2D eigenvalue weighted by molar-refractivity contribution is 0.233. The number of rotatable bonds is 2. The van der Waals surface area contributed by atoms with Gasteiger partial charge in [0.05, 0.1) is 0 Å². The maximum atomic E-state index is 5.84. The molecule has 1 fully saturated rings. The van der Waals surface area contributed by atoms with Crippen LogP contribution in [0.3, 0.4) is 0 Å². The van der Waals surface area contributed by atoms with Crippen LogP contribution in [0, 0.1) is 0 Å². The molecule has 0 aliphatic carbocycles. The molecule has 1 aliphatic heterocycles. The number of halogens is 1. The fraction of sp³-hybridized carbons (Fsp3) is 0.583. The third-order valence-corrected chi connectivity index (χ3v) is 3.56. The summed E-state index contributed by atoms with van der Waals surface area (Å²) >= 11 is 5.84. The van der Waals surface area contributed by atoms with E-state index in [1.807, 2.05) is 12.3 Å². The molecule has 16 heavy (non-hydrogen) atoms. The van der Waals surface area contributed by atoms with Crippen molar-refractivity contribution >= 4 is 17.4 Å². The summed E-state index contributed by atoms with van der Waals surface area (Å²) in [5, 5.41) is 0. The SMILES string of the molecule is CC1CN(c2cc(CCl)ccn2)CCN1C. The van der Waals surface area contributed by atoms with E-state index in [9.17, 15) is 0 Å². The molecular weight excluding hydrogens is 222 g/mol. The number of alkyl halides is 1. The Morgan fingerprint density at radius 2 is 2.31 bits per heavy atom. The lowest BCUT2D eigenvalue weighted by atomic mass is 10.2. The lowest BCUT2D eigenvalue weighted by Crippen LogP contribution is -2.50. The molecule has 2 heterocycles. The summed E-state index contributed by atoms with van der Waals surface area (Å²) in [6, 6.07) is 4.64. The summed E-state index contributed by atoms with van der Waals surface area (Å²) < 4.78 is 0. The first-order chi connectivity index (χ1) is 7.70. The molecule has 1 aliphatic rings. The van der Waals surface area contributed by atoms with Crippen molar-refractivity contribution in [1.29, 1.82) is 0 Å². The maximum absolute atomic E-state index is 5.84. The van der Waals surface area contributed by atoms with Gasteiger partial charge in [0.1, 0.15) is 5.82 Å². The van der Waals surface area contributed by atoms with Crippen LogP contribution in [0.5, 0.6) is 0 Å². The minimum Gasteiger partial charge on any atom is -0.354 e. The van der Waals surface area contributed by atoms with E-state index in [-0.39, 0.29) is 0 Å². The highest BCUT2D eigenvalue weighted by Crippen LogP contribution is 2.17. The molecule has 0 saturated carbocycles. The molecule has 88 valence electrons. The van der Waals surface area contributed by atoms with Crippen molar-refractivity contribution in [3.8, 4) is 0 Å². The van der Waals surface area contributed by atoms with Gasteiger partial charge >= 0.3 is 0 Å². The van der Waals surface area contributed by atoms with Crippen molar-refractivity contribution in [2.24, 2.45) is 0 Å². The zero-order valence-corrected chi connectivity index (χ0v) is 10.6. The largest absolute Gasteiger partial charge is 0.354 e. The van der Waals surface area contributed by atoms with Crippen LogP contribution >= 0.6 is 11.6 Å². The molecule has 1 saturated heterocycles. The second kappa shape index (κ2) is 5.02. The number of anilines is 1. The first-order valence-electron chi connectivity index (χ1n) is 5.67. The average Bonchev–Trinajstić information content (AvgIpc) is 2.33. The average molecular weight is 240 g/mol. The van der Waals surface area contributed by atoms with Gasteiger partial charge in [0.15, 0.2) is 0 Å². The Balaban J connectivity index is 2.12. The molecule has 2 rings (SSSR count). The number of likely N-dealkylation sites (N-methyl/N-ethyl adjacent to an activating group) is 1. The summed E-state index contributed by atoms with van der Waals surface area (Å²) in [6.07, 6.45) is 1.84. The van der Waals surface area contributed by atoms with Crippen molar-refractivity contribution in [1.82, 2.24) is 9.88 Å². The quantitative estimate of drug-likeness (QED) is 0.736. The number of aromatic nitrogens is 1. The fourth-order valence-electron chi connectivity index (χ4n) is 1.97. The zero-order valence-electron chi connectivity index (χ0n) is 9.86. The summed E-state index contributed by atoms with van der Waals surface area (Å²) in [7, 11) is 2.17. The summed E-state index contributed by atoms with van der Waals surface area (Å²) in [4.78, 5) is 9.13. The fourth-order valence-corrected chi connectivity index (χ4v) is 2.14. The van der Waals surface area contributed by atoms with Crippen LogP contribution in [0.4, 0.5) is 5.82 Å². The third kappa shape index (κ3) is 2.47. The molecule has 0 spiro atoms. The second-order valence-electron chi connectivity index (χ2n) is 4.43. The highest BCUT2D eigenvalue weighted by atomic mass is 35.5. The second-order valence-corrected chi connectivity index (χ2v) is 4.70. The molecule has 4 heteroatoms. The molecule has 0 bridgehead atoms. The van der Waals surface area contributed by atoms with Crippen molar-refractivity contribution in [2.75, 3.05) is 31.6 Å². The van der Waals surface area contributed by atoms with E-state index in [4.69, 9.17) is 11.6 Å². The van der Waals surface area contributed by atoms with Crippen molar-refractivity contribution in [3.63, 3.8) is 0 Å². The molecule has 1 unspecified atom stereocenters. The minimum absolute atomic E-state index is 0.554. The normalized spacial score (nSPS) is 22.4. The predicted molar refractivity (Wildman–Crippen MR) is 68.1 cm³/mol. The number of pyridine rings is 1. The maximum Gasteiger partial charge on any atom is 0.128 e. The molecule has 1 aromatic heterocycles. The van der Waals surface area contributed by atoms with Gasteiger partial charge in [-0.15, -0.1) is 11.6 Å². The predicted octanol–water partition coefficient (Wildman–Crippen LogP) is 1.96. The van der Waals surface area contributed by atoms with Crippen LogP contribution in [0.15, 0.2) is 18.3 Å². The monoisotopic (exact) mass is 239 g/mol. The van der Waals surface area contributed by atoms with Crippen LogP contribution in [0.2, 0.25) is 0 Å². The van der Waals surface area contributed by atoms with E-state index >= 15 is 0 Å². The van der Waals surface area contributed by atoms with E-state index in [1.54, 1.807) is 0 Å². The molecule has 1 atom stereocenters. The van der Waals surface area contributed by atoms with Crippen molar-refractivity contribution in [2.45, 2.75) is 18.8 Å². The van der Waals surface area contributed by atoms with Gasteiger partial charge in [-0.05, 0) is 31.7 Å². The van der Waals surface area contributed by atoms with Crippen LogP contribution in [0.25, 0.3) is 0 Å². The van der Waals surface area contributed by atoms with Crippen LogP contribution in [-0.4, -0.2) is 42.6 Å². The number of hydrogen-bond acceptors (Lipinski definition) is 3. The molecule has 0 radical (unpaired) electrons. The van der Waals surface area contributed by atoms with Crippen LogP contribution in [-0.2, 0) is 5.88 Å². The third-order valence-electron chi connectivity index (χ3n) is 3.25. The van der Waals surface area contributed by atoms with E-state index in [2.05, 4.69) is 34.8 Å². The Morgan fingerprint density at radius 3 is 3.00 bits per heavy atom. The number of piperazine rings is 1. The van der Waals surface area contributed by atoms with E-state index < -0.39 is 0 Å². The van der Waals surface area contributed by atoms with Crippen LogP contribution < -0.4 is 4.90 Å². The molecular formula is C12H18ClN3. The Labute approximate surface area is 102 Å².